The second-order valence-corrected chi connectivity index (χ2v) is 8.19. The van der Waals surface area contributed by atoms with Gasteiger partial charge in [0.25, 0.3) is 5.91 Å². The van der Waals surface area contributed by atoms with Gasteiger partial charge in [0, 0.05) is 75.7 Å². The largest absolute Gasteiger partial charge is 0.373 e. The average Bonchev–Trinajstić information content (AvgIpc) is 3.40. The highest BCUT2D eigenvalue weighted by atomic mass is 16.1. The van der Waals surface area contributed by atoms with Gasteiger partial charge in [-0.25, -0.2) is 9.97 Å². The third-order valence-electron chi connectivity index (χ3n) is 6.16. The number of hydrogen-bond acceptors (Lipinski definition) is 7. The Bertz CT molecular complexity index is 1280. The molecule has 1 saturated heterocycles. The van der Waals surface area contributed by atoms with Gasteiger partial charge in [0.15, 0.2) is 5.65 Å². The van der Waals surface area contributed by atoms with Crippen molar-refractivity contribution in [2.24, 2.45) is 5.73 Å². The van der Waals surface area contributed by atoms with Crippen LogP contribution in [0.2, 0.25) is 0 Å². The number of likely N-dealkylation sites (N-methyl/N-ethyl adjacent to an activating group) is 1. The molecule has 5 heterocycles. The number of nitrogens with zero attached hydrogens (tertiary/aromatic N) is 7. The summed E-state index contributed by atoms with van der Waals surface area (Å²) in [5.74, 6) is 0.169. The summed E-state index contributed by atoms with van der Waals surface area (Å²) >= 11 is 0. The Hall–Kier alpha value is -3.50. The van der Waals surface area contributed by atoms with Gasteiger partial charge in [-0.2, -0.15) is 9.61 Å². The molecule has 4 aromatic heterocycles. The maximum atomic E-state index is 11.9. The van der Waals surface area contributed by atoms with Crippen LogP contribution in [0, 0.1) is 0 Å². The number of carbonyl (C=O) groups is 1. The first-order valence-corrected chi connectivity index (χ1v) is 10.8. The molecule has 5 rings (SSSR count). The van der Waals surface area contributed by atoms with E-state index in [-0.39, 0.29) is 0 Å². The Labute approximate surface area is 185 Å². The summed E-state index contributed by atoms with van der Waals surface area (Å²) in [6.07, 6.45) is 5.37. The van der Waals surface area contributed by atoms with E-state index < -0.39 is 5.91 Å². The number of rotatable bonds is 6. The third-order valence-corrected chi connectivity index (χ3v) is 6.16. The summed E-state index contributed by atoms with van der Waals surface area (Å²) < 4.78 is 3.79. The minimum atomic E-state index is -0.553. The van der Waals surface area contributed by atoms with Crippen molar-refractivity contribution in [3.05, 3.63) is 42.4 Å². The number of nitrogens with two attached hydrogens (primary N) is 1. The maximum absolute atomic E-state index is 11.9. The lowest BCUT2D eigenvalue weighted by atomic mass is 10.1. The zero-order chi connectivity index (χ0) is 22.2. The second-order valence-electron chi connectivity index (χ2n) is 8.19. The molecule has 1 aliphatic rings. The number of aromatic nitrogens is 5. The molecule has 0 radical (unpaired) electrons. The summed E-state index contributed by atoms with van der Waals surface area (Å²) in [6.45, 7) is 6.17. The van der Waals surface area contributed by atoms with Crippen molar-refractivity contribution in [3.63, 3.8) is 0 Å². The highest BCUT2D eigenvalue weighted by Crippen LogP contribution is 2.31. The zero-order valence-corrected chi connectivity index (χ0v) is 18.3. The first kappa shape index (κ1) is 20.4. The summed E-state index contributed by atoms with van der Waals surface area (Å²) in [5.41, 5.74) is 8.89. The number of nitrogens with one attached hydrogen (secondary N) is 1. The lowest BCUT2D eigenvalue weighted by Crippen LogP contribution is -2.45. The molecule has 0 aliphatic carbocycles. The smallest absolute Gasteiger partial charge is 0.254 e. The molecule has 0 aromatic carbocycles. The number of carbonyl (C=O) groups excluding carboxylic acids is 1. The fraction of sp³-hybridized carbons (Fsp3) is 0.364. The summed E-state index contributed by atoms with van der Waals surface area (Å²) in [7, 11) is 3.98. The first-order chi connectivity index (χ1) is 15.5. The van der Waals surface area contributed by atoms with Gasteiger partial charge in [0.2, 0.25) is 0 Å². The van der Waals surface area contributed by atoms with Crippen molar-refractivity contribution in [1.29, 1.82) is 0 Å². The summed E-state index contributed by atoms with van der Waals surface area (Å²) in [4.78, 5) is 26.1. The van der Waals surface area contributed by atoms with Crippen molar-refractivity contribution >= 4 is 28.4 Å². The van der Waals surface area contributed by atoms with Gasteiger partial charge in [-0.15, -0.1) is 0 Å². The molecule has 1 fully saturated rings. The Kier molecular flexibility index (Phi) is 5.24. The minimum absolute atomic E-state index is 0.292. The van der Waals surface area contributed by atoms with E-state index in [2.05, 4.69) is 49.1 Å². The Balaban J connectivity index is 1.55. The lowest BCUT2D eigenvalue weighted by molar-refractivity contribution is 0.100. The maximum Gasteiger partial charge on any atom is 0.254 e. The predicted molar refractivity (Wildman–Crippen MR) is 124 cm³/mol. The van der Waals surface area contributed by atoms with Crippen LogP contribution in [0.25, 0.3) is 27.9 Å². The number of pyridine rings is 1. The fourth-order valence-electron chi connectivity index (χ4n) is 4.27. The lowest BCUT2D eigenvalue weighted by Gasteiger charge is -2.32. The van der Waals surface area contributed by atoms with Crippen LogP contribution < -0.4 is 11.1 Å². The van der Waals surface area contributed by atoms with Crippen LogP contribution in [0.3, 0.4) is 0 Å². The first-order valence-electron chi connectivity index (χ1n) is 10.8. The topological polar surface area (TPSA) is 110 Å². The quantitative estimate of drug-likeness (QED) is 0.469. The number of fused-ring (bicyclic) bond motifs is 2. The molecule has 1 aliphatic heterocycles. The Morgan fingerprint density at radius 3 is 2.75 bits per heavy atom. The van der Waals surface area contributed by atoms with Crippen LogP contribution in [0.4, 0.5) is 5.82 Å². The normalized spacial score (nSPS) is 15.6. The van der Waals surface area contributed by atoms with Crippen molar-refractivity contribution in [1.82, 2.24) is 33.9 Å². The number of primary amides is 1. The SMILES string of the molecule is CNc1cc(-c2cn(CCN3CCN(C)CC3)c3ncccc23)nc2c(C(N)=O)cnn12. The van der Waals surface area contributed by atoms with Gasteiger partial charge in [-0.3, -0.25) is 9.69 Å². The molecule has 3 N–H and O–H groups in total. The standard InChI is InChI=1S/C22H27N9O/c1-24-19-12-18(27-22-16(20(23)32)13-26-31(19)22)17-14-30(21-15(17)4-3-5-25-21)11-10-29-8-6-28(2)7-9-29/h3-5,12-14,24H,6-11H2,1-2H3,(H2,23,32). The van der Waals surface area contributed by atoms with Gasteiger partial charge in [-0.1, -0.05) is 0 Å². The highest BCUT2D eigenvalue weighted by Gasteiger charge is 2.19. The van der Waals surface area contributed by atoms with E-state index in [9.17, 15) is 4.79 Å². The molecule has 0 atom stereocenters. The third kappa shape index (κ3) is 3.57. The Morgan fingerprint density at radius 1 is 1.19 bits per heavy atom. The van der Waals surface area contributed by atoms with E-state index in [1.54, 1.807) is 4.52 Å². The number of piperazine rings is 1. The summed E-state index contributed by atoms with van der Waals surface area (Å²) in [5, 5.41) is 8.42. The van der Waals surface area contributed by atoms with E-state index in [1.165, 1.54) is 6.20 Å². The van der Waals surface area contributed by atoms with Crippen molar-refractivity contribution in [2.75, 3.05) is 52.1 Å². The number of hydrogen-bond donors (Lipinski definition) is 2. The fourth-order valence-corrected chi connectivity index (χ4v) is 4.27. The summed E-state index contributed by atoms with van der Waals surface area (Å²) in [6, 6.07) is 5.92. The van der Waals surface area contributed by atoms with Gasteiger partial charge in [0.05, 0.1) is 11.9 Å². The van der Waals surface area contributed by atoms with Crippen molar-refractivity contribution in [2.45, 2.75) is 6.54 Å². The van der Waals surface area contributed by atoms with E-state index in [0.717, 1.165) is 67.4 Å². The molecule has 0 saturated carbocycles. The second kappa shape index (κ2) is 8.21. The highest BCUT2D eigenvalue weighted by molar-refractivity contribution is 5.99. The molecule has 0 bridgehead atoms. The number of amides is 1. The van der Waals surface area contributed by atoms with Crippen LogP contribution in [-0.2, 0) is 6.54 Å². The molecule has 0 spiro atoms. The van der Waals surface area contributed by atoms with E-state index in [0.29, 0.717) is 11.2 Å². The zero-order valence-electron chi connectivity index (χ0n) is 18.3. The van der Waals surface area contributed by atoms with Gasteiger partial charge in [0.1, 0.15) is 17.0 Å². The molecule has 32 heavy (non-hydrogen) atoms. The minimum Gasteiger partial charge on any atom is -0.373 e. The van der Waals surface area contributed by atoms with Gasteiger partial charge in [-0.05, 0) is 19.2 Å². The molecule has 4 aromatic rings. The molecule has 0 unspecified atom stereocenters. The van der Waals surface area contributed by atoms with Crippen LogP contribution in [0.5, 0.6) is 0 Å². The van der Waals surface area contributed by atoms with Crippen LogP contribution in [0.1, 0.15) is 10.4 Å². The van der Waals surface area contributed by atoms with Crippen molar-refractivity contribution < 1.29 is 4.79 Å². The van der Waals surface area contributed by atoms with Crippen molar-refractivity contribution in [3.8, 4) is 11.3 Å². The molecular weight excluding hydrogens is 406 g/mol. The van der Waals surface area contributed by atoms with Crippen LogP contribution in [0.15, 0.2) is 36.8 Å². The molecular formula is C22H27N9O. The van der Waals surface area contributed by atoms with Crippen LogP contribution in [-0.4, -0.2) is 86.7 Å². The molecule has 10 heteroatoms. The van der Waals surface area contributed by atoms with Gasteiger partial charge >= 0.3 is 0 Å². The van der Waals surface area contributed by atoms with E-state index >= 15 is 0 Å². The van der Waals surface area contributed by atoms with Crippen LogP contribution >= 0.6 is 0 Å². The van der Waals surface area contributed by atoms with E-state index in [4.69, 9.17) is 10.7 Å². The monoisotopic (exact) mass is 433 g/mol. The average molecular weight is 434 g/mol. The molecule has 166 valence electrons. The van der Waals surface area contributed by atoms with Gasteiger partial charge < -0.3 is 20.5 Å². The molecule has 1 amide bonds. The van der Waals surface area contributed by atoms with E-state index in [1.807, 2.05) is 25.4 Å². The molecule has 10 nitrogen and oxygen atoms in total. The number of anilines is 1. The predicted octanol–water partition coefficient (Wildman–Crippen LogP) is 1.13. The Morgan fingerprint density at radius 2 is 2.00 bits per heavy atom.